The molecule has 1 nitrogen and oxygen atoms in total. The summed E-state index contributed by atoms with van der Waals surface area (Å²) in [5, 5.41) is 0. The average Bonchev–Trinajstić information content (AvgIpc) is 2.00. The molecule has 0 amide bonds. The Morgan fingerprint density at radius 2 is 2.36 bits per heavy atom. The van der Waals surface area contributed by atoms with Gasteiger partial charge in [0, 0.05) is 16.6 Å². The first-order valence-corrected chi connectivity index (χ1v) is 7.44. The van der Waals surface area contributed by atoms with Crippen molar-refractivity contribution in [3.8, 4) is 0 Å². The van der Waals surface area contributed by atoms with Gasteiger partial charge in [-0.2, -0.15) is 0 Å². The van der Waals surface area contributed by atoms with Crippen LogP contribution < -0.4 is 0 Å². The molecule has 4 heteroatoms. The standard InChI is InChI=1S/C7H14OS3/c1-4-6-11(8)7(5-2)10-9-3/h4,7H,1,5-6H2,2-3H3. The minimum Gasteiger partial charge on any atom is -0.258 e. The summed E-state index contributed by atoms with van der Waals surface area (Å²) in [6, 6.07) is 0. The van der Waals surface area contributed by atoms with E-state index in [2.05, 4.69) is 13.5 Å². The highest BCUT2D eigenvalue weighted by Gasteiger charge is 2.12. The average molecular weight is 210 g/mol. The Bertz CT molecular complexity index is 136. The molecule has 0 rings (SSSR count). The van der Waals surface area contributed by atoms with E-state index in [0.29, 0.717) is 5.75 Å². The molecule has 0 bridgehead atoms. The first-order valence-electron chi connectivity index (χ1n) is 3.43. The van der Waals surface area contributed by atoms with Crippen LogP contribution in [0, 0.1) is 0 Å². The van der Waals surface area contributed by atoms with E-state index in [9.17, 15) is 4.21 Å². The van der Waals surface area contributed by atoms with E-state index in [0.717, 1.165) is 6.42 Å². The van der Waals surface area contributed by atoms with Crippen molar-refractivity contribution < 1.29 is 4.21 Å². The zero-order chi connectivity index (χ0) is 8.69. The van der Waals surface area contributed by atoms with Crippen molar-refractivity contribution in [2.45, 2.75) is 17.9 Å². The normalized spacial score (nSPS) is 15.8. The van der Waals surface area contributed by atoms with Gasteiger partial charge in [0.1, 0.15) is 0 Å². The Balaban J connectivity index is 3.80. The van der Waals surface area contributed by atoms with Crippen LogP contribution in [0.2, 0.25) is 0 Å². The maximum Gasteiger partial charge on any atom is 0.0905 e. The number of hydrogen-bond acceptors (Lipinski definition) is 3. The molecule has 0 spiro atoms. The second-order valence-corrected chi connectivity index (χ2v) is 6.57. The first kappa shape index (κ1) is 11.6. The third kappa shape index (κ3) is 4.93. The molecule has 0 aliphatic heterocycles. The Kier molecular flexibility index (Phi) is 7.64. The fourth-order valence-electron chi connectivity index (χ4n) is 0.629. The van der Waals surface area contributed by atoms with E-state index in [-0.39, 0.29) is 4.58 Å². The molecule has 0 aliphatic rings. The number of hydrogen-bond donors (Lipinski definition) is 0. The van der Waals surface area contributed by atoms with E-state index in [1.807, 2.05) is 6.26 Å². The monoisotopic (exact) mass is 210 g/mol. The van der Waals surface area contributed by atoms with Crippen LogP contribution in [0.3, 0.4) is 0 Å². The van der Waals surface area contributed by atoms with Gasteiger partial charge in [0.25, 0.3) is 0 Å². The lowest BCUT2D eigenvalue weighted by Gasteiger charge is -2.09. The van der Waals surface area contributed by atoms with Crippen LogP contribution in [0.4, 0.5) is 0 Å². The zero-order valence-electron chi connectivity index (χ0n) is 6.91. The summed E-state index contributed by atoms with van der Waals surface area (Å²) >= 11 is 0. The molecule has 2 atom stereocenters. The topological polar surface area (TPSA) is 17.1 Å². The van der Waals surface area contributed by atoms with Crippen LogP contribution in [-0.4, -0.2) is 20.8 Å². The smallest absolute Gasteiger partial charge is 0.0905 e. The molecule has 11 heavy (non-hydrogen) atoms. The predicted octanol–water partition coefficient (Wildman–Crippen LogP) is 2.67. The second kappa shape index (κ2) is 7.25. The number of rotatable bonds is 6. The molecule has 0 aliphatic carbocycles. The van der Waals surface area contributed by atoms with Gasteiger partial charge in [-0.25, -0.2) is 0 Å². The maximum atomic E-state index is 11.4. The molecule has 0 radical (unpaired) electrons. The minimum absolute atomic E-state index is 0.267. The molecule has 66 valence electrons. The van der Waals surface area contributed by atoms with Gasteiger partial charge >= 0.3 is 0 Å². The molecule has 0 aromatic rings. The summed E-state index contributed by atoms with van der Waals surface area (Å²) in [5.41, 5.74) is 0. The lowest BCUT2D eigenvalue weighted by atomic mass is 10.6. The van der Waals surface area contributed by atoms with E-state index < -0.39 is 10.8 Å². The van der Waals surface area contributed by atoms with E-state index in [4.69, 9.17) is 0 Å². The van der Waals surface area contributed by atoms with Crippen molar-refractivity contribution >= 4 is 32.4 Å². The molecule has 0 N–H and O–H groups in total. The van der Waals surface area contributed by atoms with E-state index in [1.165, 1.54) is 0 Å². The van der Waals surface area contributed by atoms with Gasteiger partial charge in [0.15, 0.2) is 0 Å². The van der Waals surface area contributed by atoms with Gasteiger partial charge in [-0.3, -0.25) is 4.21 Å². The summed E-state index contributed by atoms with van der Waals surface area (Å²) in [5.74, 6) is 0.617. The quantitative estimate of drug-likeness (QED) is 0.495. The van der Waals surface area contributed by atoms with Crippen LogP contribution >= 0.6 is 21.6 Å². The van der Waals surface area contributed by atoms with Gasteiger partial charge in [-0.15, -0.1) is 6.58 Å². The summed E-state index contributed by atoms with van der Waals surface area (Å²) in [4.78, 5) is 0. The molecule has 0 saturated heterocycles. The van der Waals surface area contributed by atoms with Gasteiger partial charge in [-0.1, -0.05) is 34.6 Å². The summed E-state index contributed by atoms with van der Waals surface area (Å²) in [6.45, 7) is 5.63. The van der Waals surface area contributed by atoms with Crippen LogP contribution in [0.1, 0.15) is 13.3 Å². The van der Waals surface area contributed by atoms with Crippen molar-refractivity contribution in [1.29, 1.82) is 0 Å². The Hall–Kier alpha value is 0.590. The van der Waals surface area contributed by atoms with Gasteiger partial charge in [-0.05, 0) is 12.7 Å². The maximum absolute atomic E-state index is 11.4. The summed E-state index contributed by atoms with van der Waals surface area (Å²) in [6.07, 6.45) is 4.70. The third-order valence-corrected chi connectivity index (χ3v) is 5.91. The second-order valence-electron chi connectivity index (χ2n) is 1.94. The third-order valence-electron chi connectivity index (χ3n) is 1.11. The molecule has 0 aromatic carbocycles. The van der Waals surface area contributed by atoms with Gasteiger partial charge < -0.3 is 0 Å². The molecule has 0 saturated carbocycles. The van der Waals surface area contributed by atoms with Crippen LogP contribution in [0.25, 0.3) is 0 Å². The SMILES string of the molecule is C=CCS(=O)C(CC)SSC. The first-order chi connectivity index (χ1) is 5.26. The van der Waals surface area contributed by atoms with Crippen molar-refractivity contribution in [1.82, 2.24) is 0 Å². The minimum atomic E-state index is -0.734. The highest BCUT2D eigenvalue weighted by atomic mass is 33.1. The molecule has 0 fully saturated rings. The largest absolute Gasteiger partial charge is 0.258 e. The highest BCUT2D eigenvalue weighted by molar-refractivity contribution is 8.77. The highest BCUT2D eigenvalue weighted by Crippen LogP contribution is 2.28. The molecule has 2 unspecified atom stereocenters. The molecular weight excluding hydrogens is 196 g/mol. The summed E-state index contributed by atoms with van der Waals surface area (Å²) in [7, 11) is 2.64. The van der Waals surface area contributed by atoms with Crippen molar-refractivity contribution in [2.24, 2.45) is 0 Å². The van der Waals surface area contributed by atoms with Crippen LogP contribution in [0.15, 0.2) is 12.7 Å². The van der Waals surface area contributed by atoms with Gasteiger partial charge in [0.05, 0.1) is 4.58 Å². The van der Waals surface area contributed by atoms with Crippen molar-refractivity contribution in [3.63, 3.8) is 0 Å². The molecule has 0 heterocycles. The van der Waals surface area contributed by atoms with Crippen molar-refractivity contribution in [2.75, 3.05) is 12.0 Å². The van der Waals surface area contributed by atoms with E-state index >= 15 is 0 Å². The Morgan fingerprint density at radius 3 is 2.73 bits per heavy atom. The van der Waals surface area contributed by atoms with Crippen LogP contribution in [0.5, 0.6) is 0 Å². The van der Waals surface area contributed by atoms with E-state index in [1.54, 1.807) is 27.7 Å². The summed E-state index contributed by atoms with van der Waals surface area (Å²) < 4.78 is 11.6. The lowest BCUT2D eigenvalue weighted by Crippen LogP contribution is -2.10. The predicted molar refractivity (Wildman–Crippen MR) is 58.4 cm³/mol. The molecular formula is C7H14OS3. The lowest BCUT2D eigenvalue weighted by molar-refractivity contribution is 0.681. The van der Waals surface area contributed by atoms with Crippen molar-refractivity contribution in [3.05, 3.63) is 12.7 Å². The fourth-order valence-corrected chi connectivity index (χ4v) is 4.93. The zero-order valence-corrected chi connectivity index (χ0v) is 9.36. The Labute approximate surface area is 79.3 Å². The molecule has 0 aromatic heterocycles. The Morgan fingerprint density at radius 1 is 1.73 bits per heavy atom. The fraction of sp³-hybridized carbons (Fsp3) is 0.714. The van der Waals surface area contributed by atoms with Crippen LogP contribution in [-0.2, 0) is 10.8 Å². The van der Waals surface area contributed by atoms with Gasteiger partial charge in [0.2, 0.25) is 0 Å².